The molecule has 138 valence electrons. The fourth-order valence-electron chi connectivity index (χ4n) is 2.49. The number of carbonyl (C=O) groups excluding carboxylic acids is 2. The Kier molecular flexibility index (Phi) is 6.74. The number of aromatic nitrogens is 2. The lowest BCUT2D eigenvalue weighted by molar-refractivity contribution is -0.144. The molecule has 7 heteroatoms. The van der Waals surface area contributed by atoms with Crippen LogP contribution in [0.4, 0.5) is 0 Å². The van der Waals surface area contributed by atoms with Gasteiger partial charge in [-0.15, -0.1) is 0 Å². The average molecular weight is 420 g/mol. The van der Waals surface area contributed by atoms with E-state index in [9.17, 15) is 9.59 Å². The fraction of sp³-hybridized carbons (Fsp3) is 0.316. The molecule has 0 unspecified atom stereocenters. The number of halogens is 1. The van der Waals surface area contributed by atoms with E-state index in [2.05, 4.69) is 26.3 Å². The first-order valence-corrected chi connectivity index (χ1v) is 8.97. The van der Waals surface area contributed by atoms with Crippen LogP contribution in [0.25, 0.3) is 6.08 Å². The molecular formula is C19H22BrN3O3. The molecule has 0 radical (unpaired) electrons. The highest BCUT2D eigenvalue weighted by Crippen LogP contribution is 2.16. The summed E-state index contributed by atoms with van der Waals surface area (Å²) in [6.07, 6.45) is 2.96. The predicted molar refractivity (Wildman–Crippen MR) is 103 cm³/mol. The van der Waals surface area contributed by atoms with E-state index in [-0.39, 0.29) is 18.6 Å². The zero-order valence-electron chi connectivity index (χ0n) is 15.2. The second-order valence-corrected chi connectivity index (χ2v) is 6.91. The van der Waals surface area contributed by atoms with Gasteiger partial charge in [-0.05, 0) is 44.5 Å². The van der Waals surface area contributed by atoms with E-state index in [1.807, 2.05) is 52.1 Å². The van der Waals surface area contributed by atoms with Gasteiger partial charge in [0.25, 0.3) is 5.91 Å². The van der Waals surface area contributed by atoms with Crippen molar-refractivity contribution in [1.29, 1.82) is 0 Å². The Labute approximate surface area is 161 Å². The van der Waals surface area contributed by atoms with Crippen molar-refractivity contribution in [2.75, 3.05) is 6.61 Å². The van der Waals surface area contributed by atoms with E-state index < -0.39 is 5.97 Å². The molecule has 1 aromatic carbocycles. The number of hydrogen-bond acceptors (Lipinski definition) is 4. The highest BCUT2D eigenvalue weighted by Gasteiger charge is 2.11. The van der Waals surface area contributed by atoms with Crippen LogP contribution in [-0.2, 0) is 21.4 Å². The minimum atomic E-state index is -0.570. The third-order valence-electron chi connectivity index (χ3n) is 4.04. The summed E-state index contributed by atoms with van der Waals surface area (Å²) in [5.41, 5.74) is 3.62. The van der Waals surface area contributed by atoms with Crippen molar-refractivity contribution in [3.8, 4) is 0 Å². The van der Waals surface area contributed by atoms with Gasteiger partial charge < -0.3 is 10.1 Å². The quantitative estimate of drug-likeness (QED) is 0.575. The SMILES string of the molecule is Cc1nn(C)c(C)c1/C=C/C(=O)OCC(=O)N[C@H](C)c1ccc(Br)cc1. The number of carbonyl (C=O) groups is 2. The first-order chi connectivity index (χ1) is 12.3. The summed E-state index contributed by atoms with van der Waals surface area (Å²) < 4.78 is 7.71. The summed E-state index contributed by atoms with van der Waals surface area (Å²) >= 11 is 3.37. The smallest absolute Gasteiger partial charge is 0.331 e. The summed E-state index contributed by atoms with van der Waals surface area (Å²) in [5.74, 6) is -0.921. The lowest BCUT2D eigenvalue weighted by atomic mass is 10.1. The van der Waals surface area contributed by atoms with Crippen LogP contribution in [-0.4, -0.2) is 28.3 Å². The maximum absolute atomic E-state index is 11.9. The van der Waals surface area contributed by atoms with Crippen LogP contribution in [0.3, 0.4) is 0 Å². The first kappa shape index (κ1) is 19.9. The molecule has 0 aliphatic heterocycles. The minimum absolute atomic E-state index is 0.175. The highest BCUT2D eigenvalue weighted by atomic mass is 79.9. The normalized spacial score (nSPS) is 12.2. The van der Waals surface area contributed by atoms with Crippen LogP contribution in [0.2, 0.25) is 0 Å². The van der Waals surface area contributed by atoms with Gasteiger partial charge in [-0.25, -0.2) is 4.79 Å². The third kappa shape index (κ3) is 5.29. The van der Waals surface area contributed by atoms with Gasteiger partial charge in [-0.1, -0.05) is 28.1 Å². The van der Waals surface area contributed by atoms with E-state index in [4.69, 9.17) is 4.74 Å². The minimum Gasteiger partial charge on any atom is -0.452 e. The summed E-state index contributed by atoms with van der Waals surface area (Å²) in [4.78, 5) is 23.8. The number of benzene rings is 1. The second-order valence-electron chi connectivity index (χ2n) is 5.99. The summed E-state index contributed by atoms with van der Waals surface area (Å²) in [6, 6.07) is 7.48. The van der Waals surface area contributed by atoms with Crippen molar-refractivity contribution in [3.63, 3.8) is 0 Å². The number of esters is 1. The van der Waals surface area contributed by atoms with Crippen LogP contribution >= 0.6 is 15.9 Å². The van der Waals surface area contributed by atoms with Crippen molar-refractivity contribution < 1.29 is 14.3 Å². The molecule has 1 heterocycles. The Balaban J connectivity index is 1.83. The zero-order valence-corrected chi connectivity index (χ0v) is 16.8. The summed E-state index contributed by atoms with van der Waals surface area (Å²) in [7, 11) is 1.84. The van der Waals surface area contributed by atoms with E-state index in [0.717, 1.165) is 27.0 Å². The van der Waals surface area contributed by atoms with Crippen LogP contribution in [0.15, 0.2) is 34.8 Å². The van der Waals surface area contributed by atoms with Crippen molar-refractivity contribution >= 4 is 33.9 Å². The number of amides is 1. The molecule has 0 aliphatic rings. The Hall–Kier alpha value is -2.41. The lowest BCUT2D eigenvalue weighted by Gasteiger charge is -2.14. The maximum atomic E-state index is 11.9. The first-order valence-electron chi connectivity index (χ1n) is 8.17. The summed E-state index contributed by atoms with van der Waals surface area (Å²) in [6.45, 7) is 5.34. The van der Waals surface area contributed by atoms with Crippen molar-refractivity contribution in [1.82, 2.24) is 15.1 Å². The number of aryl methyl sites for hydroxylation is 2. The third-order valence-corrected chi connectivity index (χ3v) is 4.57. The topological polar surface area (TPSA) is 73.2 Å². The molecule has 26 heavy (non-hydrogen) atoms. The molecule has 1 aromatic heterocycles. The van der Waals surface area contributed by atoms with Gasteiger partial charge in [0.1, 0.15) is 0 Å². The monoisotopic (exact) mass is 419 g/mol. The number of nitrogens with one attached hydrogen (secondary N) is 1. The molecule has 6 nitrogen and oxygen atoms in total. The van der Waals surface area contributed by atoms with Crippen LogP contribution in [0.1, 0.15) is 35.5 Å². The fourth-order valence-corrected chi connectivity index (χ4v) is 2.75. The molecule has 2 rings (SSSR count). The highest BCUT2D eigenvalue weighted by molar-refractivity contribution is 9.10. The van der Waals surface area contributed by atoms with Gasteiger partial charge in [0.05, 0.1) is 11.7 Å². The molecule has 1 atom stereocenters. The Morgan fingerprint density at radius 2 is 1.96 bits per heavy atom. The second kappa shape index (κ2) is 8.80. The molecule has 0 saturated carbocycles. The molecule has 1 amide bonds. The Bertz CT molecular complexity index is 825. The van der Waals surface area contributed by atoms with Crippen LogP contribution < -0.4 is 5.32 Å². The standard InChI is InChI=1S/C19H22BrN3O3/c1-12(15-5-7-16(20)8-6-15)21-18(24)11-26-19(25)10-9-17-13(2)22-23(4)14(17)3/h5-10,12H,11H2,1-4H3,(H,21,24)/b10-9+/t12-/m1/s1. The molecule has 2 aromatic rings. The Morgan fingerprint density at radius 3 is 2.54 bits per heavy atom. The van der Waals surface area contributed by atoms with E-state index in [1.54, 1.807) is 10.8 Å². The van der Waals surface area contributed by atoms with E-state index in [1.165, 1.54) is 6.08 Å². The molecular weight excluding hydrogens is 398 g/mol. The van der Waals surface area contributed by atoms with Crippen LogP contribution in [0, 0.1) is 13.8 Å². The number of hydrogen-bond donors (Lipinski definition) is 1. The summed E-state index contributed by atoms with van der Waals surface area (Å²) in [5, 5.41) is 7.07. The molecule has 0 saturated heterocycles. The van der Waals surface area contributed by atoms with Gasteiger partial charge in [0.2, 0.25) is 0 Å². The average Bonchev–Trinajstić information content (AvgIpc) is 2.84. The van der Waals surface area contributed by atoms with Crippen molar-refractivity contribution in [3.05, 3.63) is 57.3 Å². The van der Waals surface area contributed by atoms with Crippen molar-refractivity contribution in [2.24, 2.45) is 7.05 Å². The molecule has 1 N–H and O–H groups in total. The predicted octanol–water partition coefficient (Wildman–Crippen LogP) is 3.23. The molecule has 0 bridgehead atoms. The molecule has 0 aliphatic carbocycles. The van der Waals surface area contributed by atoms with Gasteiger partial charge >= 0.3 is 5.97 Å². The zero-order chi connectivity index (χ0) is 19.3. The van der Waals surface area contributed by atoms with E-state index >= 15 is 0 Å². The maximum Gasteiger partial charge on any atom is 0.331 e. The largest absolute Gasteiger partial charge is 0.452 e. The number of nitrogens with zero attached hydrogens (tertiary/aromatic N) is 2. The van der Waals surface area contributed by atoms with Crippen LogP contribution in [0.5, 0.6) is 0 Å². The lowest BCUT2D eigenvalue weighted by Crippen LogP contribution is -2.30. The van der Waals surface area contributed by atoms with Gasteiger partial charge in [-0.2, -0.15) is 5.10 Å². The Morgan fingerprint density at radius 1 is 1.31 bits per heavy atom. The van der Waals surface area contributed by atoms with Gasteiger partial charge in [-0.3, -0.25) is 9.48 Å². The molecule has 0 spiro atoms. The molecule has 0 fully saturated rings. The number of ether oxygens (including phenoxy) is 1. The number of rotatable bonds is 6. The van der Waals surface area contributed by atoms with Crippen molar-refractivity contribution in [2.45, 2.75) is 26.8 Å². The van der Waals surface area contributed by atoms with E-state index in [0.29, 0.717) is 0 Å². The van der Waals surface area contributed by atoms with Gasteiger partial charge in [0, 0.05) is 28.9 Å². The van der Waals surface area contributed by atoms with Gasteiger partial charge in [0.15, 0.2) is 6.61 Å².